The number of aliphatic imine (C=N–C) groups is 1. The van der Waals surface area contributed by atoms with Gasteiger partial charge in [0.2, 0.25) is 0 Å². The van der Waals surface area contributed by atoms with Gasteiger partial charge in [0.15, 0.2) is 0 Å². The molecule has 0 amide bonds. The van der Waals surface area contributed by atoms with Crippen LogP contribution in [0.5, 0.6) is 0 Å². The molecule has 1 aliphatic heterocycles. The molecular formula is C16H19N7. The molecule has 7 nitrogen and oxygen atoms in total. The van der Waals surface area contributed by atoms with Crippen LogP contribution in [0.2, 0.25) is 0 Å². The number of nitrogens with zero attached hydrogens (tertiary/aromatic N) is 2. The normalized spacial score (nSPS) is 24.4. The average molecular weight is 309 g/mol. The first-order chi connectivity index (χ1) is 11.0. The summed E-state index contributed by atoms with van der Waals surface area (Å²) in [5.41, 5.74) is 13.8. The number of nitrogens with two attached hydrogens (primary N) is 2. The van der Waals surface area contributed by atoms with Crippen molar-refractivity contribution in [2.45, 2.75) is 13.0 Å². The van der Waals surface area contributed by atoms with E-state index >= 15 is 0 Å². The predicted molar refractivity (Wildman–Crippen MR) is 91.2 cm³/mol. The van der Waals surface area contributed by atoms with Gasteiger partial charge < -0.3 is 16.8 Å². The maximum absolute atomic E-state index is 9.68. The van der Waals surface area contributed by atoms with Gasteiger partial charge in [0, 0.05) is 17.8 Å². The van der Waals surface area contributed by atoms with Gasteiger partial charge >= 0.3 is 0 Å². The minimum atomic E-state index is -0.592. The summed E-state index contributed by atoms with van der Waals surface area (Å²) in [6.45, 7) is 1.88. The molecule has 0 bridgehead atoms. The molecule has 118 valence electrons. The van der Waals surface area contributed by atoms with Gasteiger partial charge in [-0.1, -0.05) is 12.2 Å². The van der Waals surface area contributed by atoms with Crippen LogP contribution in [-0.2, 0) is 0 Å². The lowest BCUT2D eigenvalue weighted by molar-refractivity contribution is 0.666. The first-order valence-electron chi connectivity index (χ1n) is 7.10. The second-order valence-corrected chi connectivity index (χ2v) is 5.24. The van der Waals surface area contributed by atoms with Crippen LogP contribution in [-0.4, -0.2) is 30.3 Å². The van der Waals surface area contributed by atoms with Crippen LogP contribution in [0.4, 0.5) is 0 Å². The Kier molecular flexibility index (Phi) is 4.57. The fourth-order valence-electron chi connectivity index (χ4n) is 2.61. The fraction of sp³-hybridized carbons (Fsp3) is 0.250. The highest BCUT2D eigenvalue weighted by Gasteiger charge is 2.35. The average Bonchev–Trinajstić information content (AvgIpc) is 2.55. The van der Waals surface area contributed by atoms with Crippen molar-refractivity contribution in [3.05, 3.63) is 46.8 Å². The highest BCUT2D eigenvalue weighted by Crippen LogP contribution is 2.36. The number of nitriles is 1. The minimum absolute atomic E-state index is 0.0516. The third-order valence-corrected chi connectivity index (χ3v) is 3.96. The van der Waals surface area contributed by atoms with Crippen LogP contribution in [0.1, 0.15) is 6.92 Å². The maximum atomic E-state index is 9.68. The Morgan fingerprint density at radius 1 is 1.48 bits per heavy atom. The van der Waals surface area contributed by atoms with Gasteiger partial charge in [0.1, 0.15) is 5.84 Å². The molecule has 0 aromatic heterocycles. The number of rotatable bonds is 3. The zero-order chi connectivity index (χ0) is 17.1. The lowest BCUT2D eigenvalue weighted by Gasteiger charge is -2.30. The molecule has 2 aliphatic rings. The van der Waals surface area contributed by atoms with E-state index in [9.17, 15) is 5.26 Å². The lowest BCUT2D eigenvalue weighted by atomic mass is 9.77. The molecule has 7 heteroatoms. The molecule has 2 atom stereocenters. The van der Waals surface area contributed by atoms with E-state index in [2.05, 4.69) is 16.4 Å². The molecule has 0 aromatic carbocycles. The Bertz CT molecular complexity index is 756. The topological polar surface area (TPSA) is 148 Å². The molecule has 23 heavy (non-hydrogen) atoms. The summed E-state index contributed by atoms with van der Waals surface area (Å²) in [6.07, 6.45) is 6.25. The van der Waals surface area contributed by atoms with E-state index in [1.165, 1.54) is 12.3 Å². The second kappa shape index (κ2) is 6.42. The standard InChI is InChI=1S/C16H19N7/c1-8(22-2)15-10(6-17)13(11(7-18)16(21)23-15)9-4-3-5-12(19)14(9)20/h3-5,7-8,13,19-20,22H,18H2,1-2H3,(H2,21,23)/b11-7-,19-12?,20-14?. The van der Waals surface area contributed by atoms with Crippen molar-refractivity contribution in [3.8, 4) is 6.07 Å². The first-order valence-corrected chi connectivity index (χ1v) is 7.10. The van der Waals surface area contributed by atoms with Crippen LogP contribution in [0.25, 0.3) is 0 Å². The van der Waals surface area contributed by atoms with Gasteiger partial charge in [0.25, 0.3) is 0 Å². The smallest absolute Gasteiger partial charge is 0.129 e. The van der Waals surface area contributed by atoms with E-state index in [1.807, 2.05) is 6.92 Å². The largest absolute Gasteiger partial charge is 0.404 e. The fourth-order valence-corrected chi connectivity index (χ4v) is 2.61. The van der Waals surface area contributed by atoms with E-state index < -0.39 is 5.92 Å². The van der Waals surface area contributed by atoms with Crippen molar-refractivity contribution in [2.75, 3.05) is 7.05 Å². The van der Waals surface area contributed by atoms with Gasteiger partial charge in [-0.05, 0) is 25.6 Å². The molecule has 1 aliphatic carbocycles. The van der Waals surface area contributed by atoms with Crippen molar-refractivity contribution in [1.82, 2.24) is 5.32 Å². The number of allylic oxidation sites excluding steroid dienone is 5. The molecule has 0 radical (unpaired) electrons. The Hall–Kier alpha value is -2.98. The van der Waals surface area contributed by atoms with Gasteiger partial charge in [-0.15, -0.1) is 0 Å². The lowest BCUT2D eigenvalue weighted by Crippen LogP contribution is -2.36. The van der Waals surface area contributed by atoms with Crippen LogP contribution in [0, 0.1) is 28.1 Å². The van der Waals surface area contributed by atoms with Crippen LogP contribution >= 0.6 is 0 Å². The van der Waals surface area contributed by atoms with Gasteiger partial charge in [0.05, 0.1) is 34.7 Å². The molecule has 2 unspecified atom stereocenters. The Morgan fingerprint density at radius 3 is 2.74 bits per heavy atom. The summed E-state index contributed by atoms with van der Waals surface area (Å²) in [7, 11) is 1.77. The summed E-state index contributed by atoms with van der Waals surface area (Å²) in [5, 5.41) is 28.7. The van der Waals surface area contributed by atoms with Gasteiger partial charge in [-0.2, -0.15) is 5.26 Å². The zero-order valence-corrected chi connectivity index (χ0v) is 13.0. The summed E-state index contributed by atoms with van der Waals surface area (Å²) in [5.74, 6) is -0.366. The molecule has 0 spiro atoms. The summed E-state index contributed by atoms with van der Waals surface area (Å²) < 4.78 is 0. The van der Waals surface area contributed by atoms with Crippen LogP contribution in [0.3, 0.4) is 0 Å². The van der Waals surface area contributed by atoms with E-state index in [1.54, 1.807) is 19.2 Å². The van der Waals surface area contributed by atoms with E-state index in [0.29, 0.717) is 22.4 Å². The van der Waals surface area contributed by atoms with Crippen LogP contribution in [0.15, 0.2) is 51.8 Å². The summed E-state index contributed by atoms with van der Waals surface area (Å²) >= 11 is 0. The van der Waals surface area contributed by atoms with Crippen molar-refractivity contribution in [3.63, 3.8) is 0 Å². The molecule has 1 heterocycles. The second-order valence-electron chi connectivity index (χ2n) is 5.24. The SMILES string of the molecule is CNC(C)C1=C(C#N)C(C2=CC=CC(=N)C2=N)/C(=C/N)C(N)=N1. The molecule has 0 saturated carbocycles. The molecule has 0 saturated heterocycles. The summed E-state index contributed by atoms with van der Waals surface area (Å²) in [6, 6.07) is 2.00. The highest BCUT2D eigenvalue weighted by molar-refractivity contribution is 6.51. The molecule has 2 rings (SSSR count). The number of amidine groups is 1. The molecular weight excluding hydrogens is 290 g/mol. The monoisotopic (exact) mass is 309 g/mol. The van der Waals surface area contributed by atoms with Crippen molar-refractivity contribution in [1.29, 1.82) is 16.1 Å². The molecule has 0 fully saturated rings. The first kappa shape index (κ1) is 16.4. The van der Waals surface area contributed by atoms with E-state index in [-0.39, 0.29) is 23.3 Å². The Labute approximate surface area is 134 Å². The van der Waals surface area contributed by atoms with Crippen molar-refractivity contribution < 1.29 is 0 Å². The number of hydrogen-bond donors (Lipinski definition) is 5. The highest BCUT2D eigenvalue weighted by atomic mass is 15.0. The molecule has 7 N–H and O–H groups in total. The number of hydrogen-bond acceptors (Lipinski definition) is 7. The van der Waals surface area contributed by atoms with Gasteiger partial charge in [-0.3, -0.25) is 10.8 Å². The Morgan fingerprint density at radius 2 is 2.17 bits per heavy atom. The third kappa shape index (κ3) is 2.72. The quantitative estimate of drug-likeness (QED) is 0.489. The van der Waals surface area contributed by atoms with E-state index in [4.69, 9.17) is 22.3 Å². The van der Waals surface area contributed by atoms with E-state index in [0.717, 1.165) is 0 Å². The number of nitrogens with one attached hydrogen (secondary N) is 3. The zero-order valence-electron chi connectivity index (χ0n) is 13.0. The van der Waals surface area contributed by atoms with Crippen LogP contribution < -0.4 is 16.8 Å². The van der Waals surface area contributed by atoms with Crippen molar-refractivity contribution >= 4 is 17.3 Å². The third-order valence-electron chi connectivity index (χ3n) is 3.96. The maximum Gasteiger partial charge on any atom is 0.129 e. The van der Waals surface area contributed by atoms with Gasteiger partial charge in [-0.25, -0.2) is 4.99 Å². The minimum Gasteiger partial charge on any atom is -0.404 e. The Balaban J connectivity index is 2.70. The predicted octanol–water partition coefficient (Wildman–Crippen LogP) is 0.737. The molecule has 0 aromatic rings. The van der Waals surface area contributed by atoms with Crippen molar-refractivity contribution in [2.24, 2.45) is 22.4 Å². The number of likely N-dealkylation sites (N-methyl/N-ethyl adjacent to an activating group) is 1. The summed E-state index contributed by atoms with van der Waals surface area (Å²) in [4.78, 5) is 4.32.